The van der Waals surface area contributed by atoms with E-state index in [9.17, 15) is 0 Å². The molecule has 1 aromatic heterocycles. The summed E-state index contributed by atoms with van der Waals surface area (Å²) in [5.41, 5.74) is 8.24. The molecule has 1 atom stereocenters. The molecule has 3 nitrogen and oxygen atoms in total. The highest BCUT2D eigenvalue weighted by Crippen LogP contribution is 2.22. The topological polar surface area (TPSA) is 43.8 Å². The lowest BCUT2D eigenvalue weighted by atomic mass is 9.91. The van der Waals surface area contributed by atoms with Crippen LogP contribution < -0.4 is 5.73 Å². The van der Waals surface area contributed by atoms with Crippen LogP contribution in [0.3, 0.4) is 0 Å². The number of hydrogen-bond donors (Lipinski definition) is 1. The Bertz CT molecular complexity index is 305. The van der Waals surface area contributed by atoms with E-state index in [0.717, 1.165) is 12.1 Å². The van der Waals surface area contributed by atoms with Crippen molar-refractivity contribution >= 4 is 0 Å². The molecule has 0 aliphatic heterocycles. The summed E-state index contributed by atoms with van der Waals surface area (Å²) in [4.78, 5) is 0. The van der Waals surface area contributed by atoms with Crippen molar-refractivity contribution in [2.45, 2.75) is 45.6 Å². The Morgan fingerprint density at radius 1 is 1.50 bits per heavy atom. The fourth-order valence-corrected chi connectivity index (χ4v) is 1.66. The second kappa shape index (κ2) is 3.73. The van der Waals surface area contributed by atoms with Gasteiger partial charge in [-0.1, -0.05) is 20.8 Å². The fraction of sp³-hybridized carbons (Fsp3) is 0.727. The summed E-state index contributed by atoms with van der Waals surface area (Å²) in [5.74, 6) is 0. The average molecular weight is 195 g/mol. The van der Waals surface area contributed by atoms with Gasteiger partial charge in [-0.2, -0.15) is 5.10 Å². The zero-order chi connectivity index (χ0) is 10.9. The maximum Gasteiger partial charge on any atom is 0.0642 e. The van der Waals surface area contributed by atoms with Crippen LogP contribution in [0.1, 0.15) is 39.1 Å². The molecule has 0 radical (unpaired) electrons. The Labute approximate surface area is 86.3 Å². The van der Waals surface area contributed by atoms with Crippen LogP contribution in [0.5, 0.6) is 0 Å². The Hall–Kier alpha value is -0.830. The lowest BCUT2D eigenvalue weighted by molar-refractivity contribution is 0.522. The zero-order valence-electron chi connectivity index (χ0n) is 9.83. The molecule has 0 aromatic carbocycles. The molecule has 0 saturated heterocycles. The molecule has 0 saturated carbocycles. The molecule has 0 bridgehead atoms. The van der Waals surface area contributed by atoms with Gasteiger partial charge in [-0.15, -0.1) is 0 Å². The van der Waals surface area contributed by atoms with Gasteiger partial charge in [-0.05, 0) is 13.0 Å². The molecule has 2 N–H and O–H groups in total. The molecule has 0 amide bonds. The Morgan fingerprint density at radius 2 is 2.07 bits per heavy atom. The highest BCUT2D eigenvalue weighted by molar-refractivity contribution is 5.18. The lowest BCUT2D eigenvalue weighted by Gasteiger charge is -2.17. The number of aromatic nitrogens is 2. The van der Waals surface area contributed by atoms with E-state index in [-0.39, 0.29) is 11.5 Å². The number of nitrogens with two attached hydrogens (primary N) is 1. The minimum atomic E-state index is 0.151. The van der Waals surface area contributed by atoms with Gasteiger partial charge >= 0.3 is 0 Å². The van der Waals surface area contributed by atoms with Crippen LogP contribution in [0, 0.1) is 0 Å². The van der Waals surface area contributed by atoms with Gasteiger partial charge in [0.05, 0.1) is 5.69 Å². The van der Waals surface area contributed by atoms with Crippen molar-refractivity contribution in [2.24, 2.45) is 12.8 Å². The summed E-state index contributed by atoms with van der Waals surface area (Å²) >= 11 is 0. The smallest absolute Gasteiger partial charge is 0.0642 e. The van der Waals surface area contributed by atoms with E-state index in [2.05, 4.69) is 31.9 Å². The first-order valence-corrected chi connectivity index (χ1v) is 5.09. The Balaban J connectivity index is 2.94. The van der Waals surface area contributed by atoms with E-state index in [0.29, 0.717) is 0 Å². The maximum atomic E-state index is 5.74. The first-order chi connectivity index (χ1) is 6.30. The second-order valence-corrected chi connectivity index (χ2v) is 5.08. The van der Waals surface area contributed by atoms with Gasteiger partial charge in [0.15, 0.2) is 0 Å². The van der Waals surface area contributed by atoms with Gasteiger partial charge in [0.25, 0.3) is 0 Å². The minimum absolute atomic E-state index is 0.151. The van der Waals surface area contributed by atoms with Crippen LogP contribution in [-0.2, 0) is 18.9 Å². The second-order valence-electron chi connectivity index (χ2n) is 5.08. The molecule has 1 unspecified atom stereocenters. The largest absolute Gasteiger partial charge is 0.328 e. The van der Waals surface area contributed by atoms with Gasteiger partial charge < -0.3 is 5.73 Å². The third-order valence-electron chi connectivity index (χ3n) is 2.23. The summed E-state index contributed by atoms with van der Waals surface area (Å²) < 4.78 is 1.96. The molecule has 0 aliphatic rings. The summed E-state index contributed by atoms with van der Waals surface area (Å²) in [7, 11) is 1.99. The number of nitrogens with zero attached hydrogens (tertiary/aromatic N) is 2. The summed E-state index contributed by atoms with van der Waals surface area (Å²) in [6.07, 6.45) is 0.851. The standard InChI is InChI=1S/C11H21N3/c1-8(12)6-9-7-10(11(2,3)4)14(5)13-9/h7-8H,6,12H2,1-5H3. The SMILES string of the molecule is CC(N)Cc1cc(C(C)(C)C)n(C)n1. The van der Waals surface area contributed by atoms with Crippen LogP contribution in [0.4, 0.5) is 0 Å². The van der Waals surface area contributed by atoms with Crippen LogP contribution in [-0.4, -0.2) is 15.8 Å². The normalized spacial score (nSPS) is 14.4. The maximum absolute atomic E-state index is 5.74. The predicted molar refractivity (Wildman–Crippen MR) is 59.3 cm³/mol. The summed E-state index contributed by atoms with van der Waals surface area (Å²) in [6, 6.07) is 2.33. The van der Waals surface area contributed by atoms with Gasteiger partial charge in [0.1, 0.15) is 0 Å². The molecule has 1 aromatic rings. The Morgan fingerprint density at radius 3 is 2.43 bits per heavy atom. The average Bonchev–Trinajstić information content (AvgIpc) is 2.27. The minimum Gasteiger partial charge on any atom is -0.328 e. The van der Waals surface area contributed by atoms with Gasteiger partial charge in [-0.25, -0.2) is 0 Å². The van der Waals surface area contributed by atoms with E-state index < -0.39 is 0 Å². The molecule has 0 aliphatic carbocycles. The molecule has 0 spiro atoms. The third kappa shape index (κ3) is 2.58. The molecule has 80 valence electrons. The molecular weight excluding hydrogens is 174 g/mol. The van der Waals surface area contributed by atoms with Gasteiger partial charge in [-0.3, -0.25) is 4.68 Å². The van der Waals surface area contributed by atoms with Crippen molar-refractivity contribution < 1.29 is 0 Å². The van der Waals surface area contributed by atoms with Crippen molar-refractivity contribution in [2.75, 3.05) is 0 Å². The first kappa shape index (κ1) is 11.2. The van der Waals surface area contributed by atoms with Crippen molar-refractivity contribution in [1.29, 1.82) is 0 Å². The lowest BCUT2D eigenvalue weighted by Crippen LogP contribution is -2.18. The van der Waals surface area contributed by atoms with E-state index in [1.807, 2.05) is 18.7 Å². The van der Waals surface area contributed by atoms with Crippen LogP contribution in [0.25, 0.3) is 0 Å². The number of aryl methyl sites for hydroxylation is 1. The van der Waals surface area contributed by atoms with Gasteiger partial charge in [0, 0.05) is 30.6 Å². The van der Waals surface area contributed by atoms with Crippen molar-refractivity contribution in [3.05, 3.63) is 17.5 Å². The molecule has 3 heteroatoms. The first-order valence-electron chi connectivity index (χ1n) is 5.09. The van der Waals surface area contributed by atoms with Crippen LogP contribution in [0.15, 0.2) is 6.07 Å². The molecule has 14 heavy (non-hydrogen) atoms. The third-order valence-corrected chi connectivity index (χ3v) is 2.23. The van der Waals surface area contributed by atoms with E-state index in [4.69, 9.17) is 5.73 Å². The zero-order valence-corrected chi connectivity index (χ0v) is 9.83. The van der Waals surface area contributed by atoms with Crippen molar-refractivity contribution in [3.8, 4) is 0 Å². The van der Waals surface area contributed by atoms with E-state index in [1.54, 1.807) is 0 Å². The molecular formula is C11H21N3. The van der Waals surface area contributed by atoms with Gasteiger partial charge in [0.2, 0.25) is 0 Å². The number of rotatable bonds is 2. The fourth-order valence-electron chi connectivity index (χ4n) is 1.66. The van der Waals surface area contributed by atoms with Crippen molar-refractivity contribution in [3.63, 3.8) is 0 Å². The summed E-state index contributed by atoms with van der Waals surface area (Å²) in [6.45, 7) is 8.59. The molecule has 0 fully saturated rings. The quantitative estimate of drug-likeness (QED) is 0.779. The highest BCUT2D eigenvalue weighted by atomic mass is 15.3. The summed E-state index contributed by atoms with van der Waals surface area (Å²) in [5, 5.41) is 4.45. The van der Waals surface area contributed by atoms with Crippen LogP contribution in [0.2, 0.25) is 0 Å². The molecule has 1 heterocycles. The van der Waals surface area contributed by atoms with E-state index in [1.165, 1.54) is 5.69 Å². The monoisotopic (exact) mass is 195 g/mol. The van der Waals surface area contributed by atoms with E-state index >= 15 is 0 Å². The molecule has 1 rings (SSSR count). The predicted octanol–water partition coefficient (Wildman–Crippen LogP) is 1.61. The van der Waals surface area contributed by atoms with Crippen molar-refractivity contribution in [1.82, 2.24) is 9.78 Å². The Kier molecular flexibility index (Phi) is 3.00. The van der Waals surface area contributed by atoms with Crippen LogP contribution >= 0.6 is 0 Å². The number of hydrogen-bond acceptors (Lipinski definition) is 2. The highest BCUT2D eigenvalue weighted by Gasteiger charge is 2.19.